The molecule has 4 rings (SSSR count). The summed E-state index contributed by atoms with van der Waals surface area (Å²) in [5.74, 6) is -1.59. The van der Waals surface area contributed by atoms with Gasteiger partial charge in [0.1, 0.15) is 11.4 Å². The maximum Gasteiger partial charge on any atom is 0.225 e. The first-order chi connectivity index (χ1) is 16.5. The lowest BCUT2D eigenvalue weighted by Gasteiger charge is -2.32. The molecule has 0 spiro atoms. The van der Waals surface area contributed by atoms with Gasteiger partial charge in [-0.3, -0.25) is 4.79 Å². The third kappa shape index (κ3) is 5.32. The fraction of sp³-hybridized carbons (Fsp3) is 0.346. The van der Waals surface area contributed by atoms with Crippen molar-refractivity contribution in [2.24, 2.45) is 5.92 Å². The van der Waals surface area contributed by atoms with Gasteiger partial charge in [0.15, 0.2) is 11.6 Å². The molecule has 1 saturated heterocycles. The molecule has 178 valence electrons. The van der Waals surface area contributed by atoms with Crippen molar-refractivity contribution in [1.29, 1.82) is 0 Å². The van der Waals surface area contributed by atoms with Gasteiger partial charge in [-0.2, -0.15) is 0 Å². The molecular weight excluding hydrogens is 438 g/mol. The quantitative estimate of drug-likeness (QED) is 0.516. The molecule has 3 aromatic rings. The highest BCUT2D eigenvalue weighted by atomic mass is 19.2. The van der Waals surface area contributed by atoms with Gasteiger partial charge in [0, 0.05) is 38.0 Å². The molecule has 1 N–H and O–H groups in total. The van der Waals surface area contributed by atoms with Crippen molar-refractivity contribution < 1.29 is 18.3 Å². The number of amides is 1. The summed E-state index contributed by atoms with van der Waals surface area (Å²) in [6.45, 7) is 5.21. The monoisotopic (exact) mass is 466 g/mol. The largest absolute Gasteiger partial charge is 0.491 e. The van der Waals surface area contributed by atoms with Crippen LogP contribution in [0.2, 0.25) is 0 Å². The van der Waals surface area contributed by atoms with Crippen LogP contribution in [0.4, 0.5) is 20.4 Å². The molecule has 6 nitrogen and oxygen atoms in total. The predicted octanol–water partition coefficient (Wildman–Crippen LogP) is 5.24. The van der Waals surface area contributed by atoms with Gasteiger partial charge in [0.25, 0.3) is 0 Å². The topological polar surface area (TPSA) is 67.3 Å². The van der Waals surface area contributed by atoms with Crippen LogP contribution in [0.25, 0.3) is 11.1 Å². The Labute approximate surface area is 198 Å². The Morgan fingerprint density at radius 3 is 2.41 bits per heavy atom. The van der Waals surface area contributed by atoms with Crippen LogP contribution in [-0.2, 0) is 11.2 Å². The zero-order chi connectivity index (χ0) is 24.1. The normalized spacial score (nSPS) is 14.2. The molecule has 0 saturated carbocycles. The predicted molar refractivity (Wildman–Crippen MR) is 128 cm³/mol. The van der Waals surface area contributed by atoms with E-state index < -0.39 is 17.5 Å². The van der Waals surface area contributed by atoms with Crippen LogP contribution in [-0.4, -0.2) is 35.6 Å². The van der Waals surface area contributed by atoms with E-state index in [4.69, 9.17) is 4.74 Å². The number of rotatable bonds is 7. The van der Waals surface area contributed by atoms with Crippen LogP contribution in [0.3, 0.4) is 0 Å². The molecule has 0 unspecified atom stereocenters. The van der Waals surface area contributed by atoms with E-state index in [1.807, 2.05) is 12.4 Å². The molecule has 1 aromatic heterocycles. The number of aromatic nitrogens is 2. The number of benzene rings is 2. The van der Waals surface area contributed by atoms with Gasteiger partial charge in [0.2, 0.25) is 11.9 Å². The summed E-state index contributed by atoms with van der Waals surface area (Å²) in [6.07, 6.45) is 6.31. The number of anilines is 2. The van der Waals surface area contributed by atoms with Gasteiger partial charge in [-0.25, -0.2) is 18.7 Å². The van der Waals surface area contributed by atoms with Crippen molar-refractivity contribution in [3.63, 3.8) is 0 Å². The number of hydrogen-bond acceptors (Lipinski definition) is 5. The van der Waals surface area contributed by atoms with E-state index in [9.17, 15) is 13.6 Å². The lowest BCUT2D eigenvalue weighted by molar-refractivity contribution is -0.114. The molecule has 1 fully saturated rings. The van der Waals surface area contributed by atoms with E-state index >= 15 is 0 Å². The van der Waals surface area contributed by atoms with Crippen LogP contribution in [0.1, 0.15) is 32.3 Å². The fourth-order valence-electron chi connectivity index (χ4n) is 4.04. The first-order valence-corrected chi connectivity index (χ1v) is 11.5. The highest BCUT2D eigenvalue weighted by Crippen LogP contribution is 2.37. The van der Waals surface area contributed by atoms with E-state index in [1.165, 1.54) is 13.0 Å². The second-order valence-electron chi connectivity index (χ2n) is 8.46. The molecule has 8 heteroatoms. The van der Waals surface area contributed by atoms with E-state index in [1.54, 1.807) is 30.3 Å². The van der Waals surface area contributed by atoms with Crippen LogP contribution in [0.15, 0.2) is 48.8 Å². The Morgan fingerprint density at radius 2 is 1.79 bits per heavy atom. The van der Waals surface area contributed by atoms with Crippen LogP contribution < -0.4 is 15.0 Å². The molecule has 1 aliphatic heterocycles. The van der Waals surface area contributed by atoms with Crippen molar-refractivity contribution in [3.8, 4) is 16.9 Å². The van der Waals surface area contributed by atoms with Crippen LogP contribution >= 0.6 is 0 Å². The van der Waals surface area contributed by atoms with Crippen LogP contribution in [0.5, 0.6) is 5.75 Å². The SMILES string of the molecule is CCc1cnc(N2CCC(COc3cc(-c4ccccc4)c(F)c(F)c3NC(C)=O)CC2)nc1. The fourth-order valence-corrected chi connectivity index (χ4v) is 4.04. The number of hydrogen-bond donors (Lipinski definition) is 1. The zero-order valence-corrected chi connectivity index (χ0v) is 19.4. The number of nitrogens with one attached hydrogen (secondary N) is 1. The summed E-state index contributed by atoms with van der Waals surface area (Å²) < 4.78 is 35.7. The first kappa shape index (κ1) is 23.6. The molecule has 2 aromatic carbocycles. The number of carbonyl (C=O) groups excluding carboxylic acids is 1. The Balaban J connectivity index is 1.47. The van der Waals surface area contributed by atoms with Crippen molar-refractivity contribution in [1.82, 2.24) is 9.97 Å². The Hall–Kier alpha value is -3.55. The van der Waals surface area contributed by atoms with Crippen molar-refractivity contribution >= 4 is 17.5 Å². The summed E-state index contributed by atoms with van der Waals surface area (Å²) in [6, 6.07) is 10.2. The minimum Gasteiger partial charge on any atom is -0.491 e. The average Bonchev–Trinajstić information content (AvgIpc) is 2.87. The van der Waals surface area contributed by atoms with E-state index in [2.05, 4.69) is 27.1 Å². The smallest absolute Gasteiger partial charge is 0.225 e. The van der Waals surface area contributed by atoms with Crippen molar-refractivity contribution in [2.75, 3.05) is 29.9 Å². The lowest BCUT2D eigenvalue weighted by Crippen LogP contribution is -2.36. The average molecular weight is 467 g/mol. The maximum atomic E-state index is 14.9. The third-order valence-corrected chi connectivity index (χ3v) is 6.03. The lowest BCUT2D eigenvalue weighted by atomic mass is 9.98. The summed E-state index contributed by atoms with van der Waals surface area (Å²) in [5.41, 5.74) is 1.44. The molecule has 34 heavy (non-hydrogen) atoms. The molecule has 1 aliphatic rings. The van der Waals surface area contributed by atoms with Gasteiger partial charge in [-0.15, -0.1) is 0 Å². The Kier molecular flexibility index (Phi) is 7.35. The summed E-state index contributed by atoms with van der Waals surface area (Å²) in [7, 11) is 0. The van der Waals surface area contributed by atoms with E-state index in [0.717, 1.165) is 43.9 Å². The molecule has 1 amide bonds. The van der Waals surface area contributed by atoms with Gasteiger partial charge in [0.05, 0.1) is 6.61 Å². The van der Waals surface area contributed by atoms with Crippen molar-refractivity contribution in [2.45, 2.75) is 33.1 Å². The van der Waals surface area contributed by atoms with Crippen molar-refractivity contribution in [3.05, 3.63) is 66.0 Å². The highest BCUT2D eigenvalue weighted by molar-refractivity contribution is 5.91. The number of piperidine rings is 1. The van der Waals surface area contributed by atoms with Gasteiger partial charge in [-0.05, 0) is 42.4 Å². The number of carbonyl (C=O) groups is 1. The zero-order valence-electron chi connectivity index (χ0n) is 19.4. The standard InChI is InChI=1S/C26H28F2N4O2/c1-3-18-14-29-26(30-15-18)32-11-9-19(10-12-32)16-34-22-13-21(20-7-5-4-6-8-20)23(27)24(28)25(22)31-17(2)33/h4-8,13-15,19H,3,9-12,16H2,1-2H3,(H,31,33). The molecule has 0 aliphatic carbocycles. The Bertz CT molecular complexity index is 1130. The highest BCUT2D eigenvalue weighted by Gasteiger charge is 2.25. The molecular formula is C26H28F2N4O2. The summed E-state index contributed by atoms with van der Waals surface area (Å²) >= 11 is 0. The summed E-state index contributed by atoms with van der Waals surface area (Å²) in [4.78, 5) is 22.7. The van der Waals surface area contributed by atoms with Gasteiger partial charge >= 0.3 is 0 Å². The minimum atomic E-state index is -1.13. The minimum absolute atomic E-state index is 0.0877. The third-order valence-electron chi connectivity index (χ3n) is 6.03. The second-order valence-corrected chi connectivity index (χ2v) is 8.46. The molecule has 2 heterocycles. The first-order valence-electron chi connectivity index (χ1n) is 11.5. The Morgan fingerprint density at radius 1 is 1.12 bits per heavy atom. The number of nitrogens with zero attached hydrogens (tertiary/aromatic N) is 3. The molecule has 0 bridgehead atoms. The second kappa shape index (κ2) is 10.6. The molecule has 0 radical (unpaired) electrons. The number of halogens is 2. The van der Waals surface area contributed by atoms with Crippen LogP contribution in [0, 0.1) is 17.6 Å². The van der Waals surface area contributed by atoms with Gasteiger partial charge in [-0.1, -0.05) is 37.3 Å². The number of aryl methyl sites for hydroxylation is 1. The maximum absolute atomic E-state index is 14.9. The van der Waals surface area contributed by atoms with E-state index in [-0.39, 0.29) is 22.9 Å². The summed E-state index contributed by atoms with van der Waals surface area (Å²) in [5, 5.41) is 2.38. The number of ether oxygens (including phenoxy) is 1. The van der Waals surface area contributed by atoms with Gasteiger partial charge < -0.3 is 15.0 Å². The molecule has 0 atom stereocenters. The van der Waals surface area contributed by atoms with E-state index in [0.29, 0.717) is 12.2 Å².